The van der Waals surface area contributed by atoms with Crippen molar-refractivity contribution in [1.82, 2.24) is 10.2 Å². The van der Waals surface area contributed by atoms with Gasteiger partial charge < -0.3 is 24.6 Å². The molecule has 2 N–H and O–H groups in total. The summed E-state index contributed by atoms with van der Waals surface area (Å²) >= 11 is 5.57. The summed E-state index contributed by atoms with van der Waals surface area (Å²) in [6, 6.07) is 6.47. The van der Waals surface area contributed by atoms with Crippen LogP contribution in [0.3, 0.4) is 0 Å². The zero-order chi connectivity index (χ0) is 20.8. The minimum absolute atomic E-state index is 0.405. The van der Waals surface area contributed by atoms with E-state index in [-0.39, 0.29) is 0 Å². The predicted molar refractivity (Wildman–Crippen MR) is 110 cm³/mol. The monoisotopic (exact) mass is 406 g/mol. The van der Waals surface area contributed by atoms with E-state index in [2.05, 4.69) is 19.4 Å². The SMILES string of the molecule is COC(=O)C1=C(C)N(CCC[NH+](C)C)C(=S)N[C@@H]1c1ccc(C(=O)OC)cc1. The summed E-state index contributed by atoms with van der Waals surface area (Å²) in [5, 5.41) is 3.83. The van der Waals surface area contributed by atoms with Crippen molar-refractivity contribution in [3.05, 3.63) is 46.7 Å². The Labute approximate surface area is 171 Å². The number of allylic oxidation sites excluding steroid dienone is 1. The van der Waals surface area contributed by atoms with Crippen molar-refractivity contribution in [2.75, 3.05) is 41.4 Å². The lowest BCUT2D eigenvalue weighted by Gasteiger charge is -2.37. The van der Waals surface area contributed by atoms with Crippen molar-refractivity contribution in [2.45, 2.75) is 19.4 Å². The van der Waals surface area contributed by atoms with Gasteiger partial charge in [-0.3, -0.25) is 0 Å². The van der Waals surface area contributed by atoms with E-state index in [0.29, 0.717) is 16.2 Å². The molecule has 0 amide bonds. The molecule has 1 aromatic carbocycles. The molecule has 7 nitrogen and oxygen atoms in total. The highest BCUT2D eigenvalue weighted by Crippen LogP contribution is 2.31. The van der Waals surface area contributed by atoms with E-state index < -0.39 is 18.0 Å². The van der Waals surface area contributed by atoms with Crippen molar-refractivity contribution in [2.24, 2.45) is 0 Å². The van der Waals surface area contributed by atoms with Crippen LogP contribution in [0.2, 0.25) is 0 Å². The van der Waals surface area contributed by atoms with Crippen molar-refractivity contribution in [3.8, 4) is 0 Å². The van der Waals surface area contributed by atoms with E-state index >= 15 is 0 Å². The fourth-order valence-electron chi connectivity index (χ4n) is 3.20. The lowest BCUT2D eigenvalue weighted by molar-refractivity contribution is -0.858. The summed E-state index contributed by atoms with van der Waals surface area (Å²) in [4.78, 5) is 27.5. The van der Waals surface area contributed by atoms with Gasteiger partial charge in [0, 0.05) is 18.7 Å². The second-order valence-corrected chi connectivity index (χ2v) is 7.34. The summed E-state index contributed by atoms with van der Waals surface area (Å²) in [6.07, 6.45) is 0.939. The molecule has 28 heavy (non-hydrogen) atoms. The number of carbonyl (C=O) groups excluding carboxylic acids is 2. The molecule has 1 atom stereocenters. The van der Waals surface area contributed by atoms with Gasteiger partial charge in [0.1, 0.15) is 0 Å². The van der Waals surface area contributed by atoms with Gasteiger partial charge in [-0.25, -0.2) is 9.59 Å². The Kier molecular flexibility index (Phi) is 7.53. The summed E-state index contributed by atoms with van der Waals surface area (Å²) < 4.78 is 9.77. The largest absolute Gasteiger partial charge is 0.466 e. The van der Waals surface area contributed by atoms with Crippen LogP contribution < -0.4 is 10.2 Å². The first-order valence-electron chi connectivity index (χ1n) is 9.14. The molecule has 0 fully saturated rings. The Bertz CT molecular complexity index is 774. The normalized spacial score (nSPS) is 16.9. The first-order chi connectivity index (χ1) is 13.3. The molecule has 1 aliphatic rings. The smallest absolute Gasteiger partial charge is 0.337 e. The number of nitrogens with zero attached hydrogens (tertiary/aromatic N) is 1. The molecule has 0 spiro atoms. The molecule has 0 radical (unpaired) electrons. The lowest BCUT2D eigenvalue weighted by atomic mass is 9.94. The molecular weight excluding hydrogens is 378 g/mol. The Balaban J connectivity index is 2.36. The van der Waals surface area contributed by atoms with Gasteiger partial charge in [-0.05, 0) is 36.8 Å². The molecule has 0 aliphatic carbocycles. The van der Waals surface area contributed by atoms with E-state index in [1.807, 2.05) is 11.8 Å². The highest BCUT2D eigenvalue weighted by molar-refractivity contribution is 7.80. The van der Waals surface area contributed by atoms with Crippen LogP contribution in [-0.2, 0) is 14.3 Å². The van der Waals surface area contributed by atoms with Crippen LogP contribution in [0.5, 0.6) is 0 Å². The molecule has 0 unspecified atom stereocenters. The second-order valence-electron chi connectivity index (χ2n) is 6.95. The number of benzene rings is 1. The molecule has 0 saturated heterocycles. The third kappa shape index (κ3) is 4.88. The molecule has 1 aliphatic heterocycles. The Morgan fingerprint density at radius 1 is 1.14 bits per heavy atom. The highest BCUT2D eigenvalue weighted by atomic mass is 32.1. The number of hydrogen-bond donors (Lipinski definition) is 2. The number of thiocarbonyl (C=S) groups is 1. The number of esters is 2. The summed E-state index contributed by atoms with van der Waals surface area (Å²) in [7, 11) is 6.91. The van der Waals surface area contributed by atoms with Crippen molar-refractivity contribution < 1.29 is 24.0 Å². The third-order valence-electron chi connectivity index (χ3n) is 4.73. The molecule has 0 bridgehead atoms. The highest BCUT2D eigenvalue weighted by Gasteiger charge is 2.34. The van der Waals surface area contributed by atoms with Gasteiger partial charge >= 0.3 is 11.9 Å². The second kappa shape index (κ2) is 9.66. The number of ether oxygens (including phenoxy) is 2. The fourth-order valence-corrected chi connectivity index (χ4v) is 3.54. The van der Waals surface area contributed by atoms with Crippen LogP contribution in [0, 0.1) is 0 Å². The summed E-state index contributed by atoms with van der Waals surface area (Å²) in [6.45, 7) is 3.60. The average molecular weight is 407 g/mol. The fraction of sp³-hybridized carbons (Fsp3) is 0.450. The number of nitrogens with one attached hydrogen (secondary N) is 2. The number of hydrogen-bond acceptors (Lipinski definition) is 5. The summed E-state index contributed by atoms with van der Waals surface area (Å²) in [5.41, 5.74) is 2.55. The maximum Gasteiger partial charge on any atom is 0.337 e. The zero-order valence-electron chi connectivity index (χ0n) is 17.0. The van der Waals surface area contributed by atoms with Gasteiger partial charge in [0.2, 0.25) is 0 Å². The Morgan fingerprint density at radius 2 is 1.75 bits per heavy atom. The van der Waals surface area contributed by atoms with E-state index in [1.165, 1.54) is 19.1 Å². The van der Waals surface area contributed by atoms with Gasteiger partial charge in [-0.2, -0.15) is 0 Å². The van der Waals surface area contributed by atoms with Crippen LogP contribution in [0.15, 0.2) is 35.5 Å². The minimum Gasteiger partial charge on any atom is -0.466 e. The van der Waals surface area contributed by atoms with Crippen LogP contribution in [0.25, 0.3) is 0 Å². The van der Waals surface area contributed by atoms with Gasteiger partial charge in [0.05, 0.1) is 52.0 Å². The number of carbonyl (C=O) groups is 2. The number of quaternary nitrogens is 1. The molecule has 0 saturated carbocycles. The van der Waals surface area contributed by atoms with E-state index in [4.69, 9.17) is 21.7 Å². The number of methoxy groups -OCH3 is 2. The van der Waals surface area contributed by atoms with Crippen LogP contribution in [-0.4, -0.2) is 63.4 Å². The van der Waals surface area contributed by atoms with Gasteiger partial charge in [0.25, 0.3) is 0 Å². The lowest BCUT2D eigenvalue weighted by Crippen LogP contribution is -3.05. The predicted octanol–water partition coefficient (Wildman–Crippen LogP) is 0.686. The maximum absolute atomic E-state index is 12.5. The van der Waals surface area contributed by atoms with Crippen LogP contribution in [0.1, 0.15) is 35.3 Å². The van der Waals surface area contributed by atoms with Gasteiger partial charge in [-0.15, -0.1) is 0 Å². The van der Waals surface area contributed by atoms with E-state index in [1.54, 1.807) is 24.3 Å². The average Bonchev–Trinajstić information content (AvgIpc) is 2.68. The zero-order valence-corrected chi connectivity index (χ0v) is 17.8. The van der Waals surface area contributed by atoms with Crippen LogP contribution in [0.4, 0.5) is 0 Å². The van der Waals surface area contributed by atoms with E-state index in [9.17, 15) is 9.59 Å². The molecule has 8 heteroatoms. The van der Waals surface area contributed by atoms with Crippen molar-refractivity contribution in [3.63, 3.8) is 0 Å². The van der Waals surface area contributed by atoms with Crippen molar-refractivity contribution >= 4 is 29.3 Å². The molecule has 0 aromatic heterocycles. The molecule has 1 aromatic rings. The topological polar surface area (TPSA) is 72.3 Å². The summed E-state index contributed by atoms with van der Waals surface area (Å²) in [5.74, 6) is -0.814. The standard InChI is InChI=1S/C20H27N3O4S/c1-13-16(19(25)27-5)17(14-7-9-15(10-8-14)18(24)26-4)21-20(28)23(13)12-6-11-22(2)3/h7-10,17H,6,11-12H2,1-5H3,(H,21,28)/p+1/t17-/m1/s1. The van der Waals surface area contributed by atoms with Crippen molar-refractivity contribution in [1.29, 1.82) is 0 Å². The Hall–Kier alpha value is -2.45. The van der Waals surface area contributed by atoms with Gasteiger partial charge in [-0.1, -0.05) is 12.1 Å². The first-order valence-corrected chi connectivity index (χ1v) is 9.55. The van der Waals surface area contributed by atoms with Crippen LogP contribution >= 0.6 is 12.2 Å². The third-order valence-corrected chi connectivity index (χ3v) is 5.06. The number of rotatable bonds is 7. The molecule has 1 heterocycles. The molecule has 2 rings (SSSR count). The van der Waals surface area contributed by atoms with E-state index in [0.717, 1.165) is 30.8 Å². The quantitative estimate of drug-likeness (QED) is 0.510. The first kappa shape index (κ1) is 21.8. The molecular formula is C20H28N3O4S+. The van der Waals surface area contributed by atoms with Gasteiger partial charge in [0.15, 0.2) is 5.11 Å². The Morgan fingerprint density at radius 3 is 2.29 bits per heavy atom. The molecule has 152 valence electrons. The minimum atomic E-state index is -0.442. The maximum atomic E-state index is 12.5.